The topological polar surface area (TPSA) is 95.7 Å². The summed E-state index contributed by atoms with van der Waals surface area (Å²) in [5.41, 5.74) is 1.55. The first-order chi connectivity index (χ1) is 12.3. The summed E-state index contributed by atoms with van der Waals surface area (Å²) in [7, 11) is 0. The quantitative estimate of drug-likeness (QED) is 0.362. The normalized spacial score (nSPS) is 17.2. The fourth-order valence-corrected chi connectivity index (χ4v) is 3.54. The van der Waals surface area contributed by atoms with E-state index in [0.29, 0.717) is 17.5 Å². The first kappa shape index (κ1) is 17.6. The Morgan fingerprint density at radius 2 is 1.62 bits per heavy atom. The maximum absolute atomic E-state index is 11.8. The SMILES string of the molecule is CC(=O)OC1(OC(C)=O)c2ccccc2C[C@@H]1c1ccccc1[N+](=O)[O-]. The van der Waals surface area contributed by atoms with Gasteiger partial charge in [0.15, 0.2) is 0 Å². The zero-order chi connectivity index (χ0) is 18.9. The molecule has 0 amide bonds. The van der Waals surface area contributed by atoms with Gasteiger partial charge in [-0.25, -0.2) is 0 Å². The van der Waals surface area contributed by atoms with E-state index in [0.717, 1.165) is 5.56 Å². The molecule has 1 atom stereocenters. The lowest BCUT2D eigenvalue weighted by molar-refractivity contribution is -0.386. The molecule has 0 unspecified atom stereocenters. The second-order valence-electron chi connectivity index (χ2n) is 6.08. The first-order valence-electron chi connectivity index (χ1n) is 8.06. The molecule has 7 heteroatoms. The molecule has 0 heterocycles. The van der Waals surface area contributed by atoms with Crippen LogP contribution in [0.15, 0.2) is 48.5 Å². The molecule has 0 aliphatic heterocycles. The molecule has 7 nitrogen and oxygen atoms in total. The number of hydrogen-bond acceptors (Lipinski definition) is 6. The van der Waals surface area contributed by atoms with Crippen molar-refractivity contribution in [2.24, 2.45) is 0 Å². The number of hydrogen-bond donors (Lipinski definition) is 0. The Labute approximate surface area is 149 Å². The van der Waals surface area contributed by atoms with Crippen molar-refractivity contribution in [2.45, 2.75) is 32.0 Å². The minimum absolute atomic E-state index is 0.117. The van der Waals surface area contributed by atoms with Gasteiger partial charge in [0.05, 0.1) is 10.8 Å². The van der Waals surface area contributed by atoms with Crippen molar-refractivity contribution in [1.29, 1.82) is 0 Å². The van der Waals surface area contributed by atoms with Crippen molar-refractivity contribution in [1.82, 2.24) is 0 Å². The third-order valence-corrected chi connectivity index (χ3v) is 4.38. The third kappa shape index (κ3) is 2.92. The fourth-order valence-electron chi connectivity index (χ4n) is 3.54. The van der Waals surface area contributed by atoms with E-state index in [4.69, 9.17) is 9.47 Å². The maximum atomic E-state index is 11.8. The molecular formula is C19H17NO6. The summed E-state index contributed by atoms with van der Waals surface area (Å²) < 4.78 is 11.1. The summed E-state index contributed by atoms with van der Waals surface area (Å²) in [5.74, 6) is -3.76. The van der Waals surface area contributed by atoms with Gasteiger partial charge in [0.1, 0.15) is 0 Å². The van der Waals surface area contributed by atoms with Gasteiger partial charge in [-0.2, -0.15) is 0 Å². The smallest absolute Gasteiger partial charge is 0.306 e. The van der Waals surface area contributed by atoms with Crippen molar-refractivity contribution in [3.05, 3.63) is 75.3 Å². The number of carbonyl (C=O) groups is 2. The van der Waals surface area contributed by atoms with Gasteiger partial charge >= 0.3 is 11.9 Å². The number of nitro benzene ring substituents is 1. The van der Waals surface area contributed by atoms with Gasteiger partial charge in [0, 0.05) is 31.0 Å². The van der Waals surface area contributed by atoms with Crippen molar-refractivity contribution in [3.63, 3.8) is 0 Å². The van der Waals surface area contributed by atoms with Crippen LogP contribution in [0, 0.1) is 10.1 Å². The molecule has 0 fully saturated rings. The molecule has 0 radical (unpaired) electrons. The summed E-state index contributed by atoms with van der Waals surface area (Å²) in [4.78, 5) is 34.7. The van der Waals surface area contributed by atoms with Crippen molar-refractivity contribution in [3.8, 4) is 0 Å². The second kappa shape index (κ2) is 6.59. The molecular weight excluding hydrogens is 338 g/mol. The van der Waals surface area contributed by atoms with E-state index >= 15 is 0 Å². The molecule has 0 spiro atoms. The predicted octanol–water partition coefficient (Wildman–Crippen LogP) is 3.21. The largest absolute Gasteiger partial charge is 0.417 e. The molecule has 0 aromatic heterocycles. The molecule has 3 rings (SSSR count). The van der Waals surface area contributed by atoms with Gasteiger partial charge < -0.3 is 9.47 Å². The third-order valence-electron chi connectivity index (χ3n) is 4.38. The van der Waals surface area contributed by atoms with Gasteiger partial charge in [-0.05, 0) is 12.0 Å². The van der Waals surface area contributed by atoms with E-state index in [1.165, 1.54) is 19.9 Å². The number of ether oxygens (including phenoxy) is 2. The second-order valence-corrected chi connectivity index (χ2v) is 6.08. The predicted molar refractivity (Wildman–Crippen MR) is 91.2 cm³/mol. The van der Waals surface area contributed by atoms with Crippen LogP contribution in [0.4, 0.5) is 5.69 Å². The van der Waals surface area contributed by atoms with Crippen molar-refractivity contribution in [2.75, 3.05) is 0 Å². The average molecular weight is 355 g/mol. The van der Waals surface area contributed by atoms with Crippen molar-refractivity contribution < 1.29 is 24.0 Å². The molecule has 0 N–H and O–H groups in total. The Morgan fingerprint density at radius 3 is 2.23 bits per heavy atom. The molecule has 1 aliphatic rings. The molecule has 0 saturated heterocycles. The number of fused-ring (bicyclic) bond motifs is 1. The number of rotatable bonds is 4. The van der Waals surface area contributed by atoms with E-state index in [1.807, 2.05) is 12.1 Å². The molecule has 26 heavy (non-hydrogen) atoms. The number of benzene rings is 2. The molecule has 134 valence electrons. The van der Waals surface area contributed by atoms with Crippen LogP contribution in [-0.4, -0.2) is 16.9 Å². The highest BCUT2D eigenvalue weighted by molar-refractivity contribution is 5.70. The van der Waals surface area contributed by atoms with E-state index in [9.17, 15) is 19.7 Å². The summed E-state index contributed by atoms with van der Waals surface area (Å²) in [6.45, 7) is 2.42. The highest BCUT2D eigenvalue weighted by Crippen LogP contribution is 2.52. The van der Waals surface area contributed by atoms with Crippen LogP contribution in [0.5, 0.6) is 0 Å². The summed E-state index contributed by atoms with van der Waals surface area (Å²) >= 11 is 0. The van der Waals surface area contributed by atoms with Gasteiger partial charge in [0.2, 0.25) is 0 Å². The highest BCUT2D eigenvalue weighted by Gasteiger charge is 2.55. The van der Waals surface area contributed by atoms with Gasteiger partial charge in [-0.3, -0.25) is 19.7 Å². The van der Waals surface area contributed by atoms with Gasteiger partial charge in [-0.1, -0.05) is 42.5 Å². The highest BCUT2D eigenvalue weighted by atomic mass is 16.7. The number of nitrogens with zero attached hydrogens (tertiary/aromatic N) is 1. The van der Waals surface area contributed by atoms with E-state index in [-0.39, 0.29) is 5.69 Å². The molecule has 2 aromatic carbocycles. The summed E-state index contributed by atoms with van der Waals surface area (Å²) in [5, 5.41) is 11.5. The molecule has 1 aliphatic carbocycles. The van der Waals surface area contributed by atoms with E-state index in [2.05, 4.69) is 0 Å². The zero-order valence-electron chi connectivity index (χ0n) is 14.3. The Bertz CT molecular complexity index is 875. The Morgan fingerprint density at radius 1 is 1.04 bits per heavy atom. The van der Waals surface area contributed by atoms with Crippen LogP contribution in [0.3, 0.4) is 0 Å². The number of carbonyl (C=O) groups excluding carboxylic acids is 2. The minimum Gasteiger partial charge on any atom is -0.417 e. The lowest BCUT2D eigenvalue weighted by Gasteiger charge is -2.34. The van der Waals surface area contributed by atoms with Gasteiger partial charge in [0.25, 0.3) is 11.5 Å². The van der Waals surface area contributed by atoms with E-state index in [1.54, 1.807) is 30.3 Å². The lowest BCUT2D eigenvalue weighted by Crippen LogP contribution is -2.40. The number of nitro groups is 1. The number of para-hydroxylation sites is 1. The monoisotopic (exact) mass is 355 g/mol. The average Bonchev–Trinajstić information content (AvgIpc) is 2.87. The number of esters is 2. The van der Waals surface area contributed by atoms with Crippen LogP contribution in [0.2, 0.25) is 0 Å². The van der Waals surface area contributed by atoms with Crippen LogP contribution < -0.4 is 0 Å². The van der Waals surface area contributed by atoms with Crippen LogP contribution in [-0.2, 0) is 31.3 Å². The Kier molecular flexibility index (Phi) is 4.46. The molecule has 2 aromatic rings. The molecule has 0 bridgehead atoms. The van der Waals surface area contributed by atoms with Gasteiger partial charge in [-0.15, -0.1) is 0 Å². The van der Waals surface area contributed by atoms with Crippen LogP contribution >= 0.6 is 0 Å². The summed E-state index contributed by atoms with van der Waals surface area (Å²) in [6, 6.07) is 13.3. The zero-order valence-corrected chi connectivity index (χ0v) is 14.3. The maximum Gasteiger partial charge on any atom is 0.306 e. The minimum atomic E-state index is -1.74. The van der Waals surface area contributed by atoms with E-state index < -0.39 is 28.6 Å². The van der Waals surface area contributed by atoms with Crippen LogP contribution in [0.25, 0.3) is 0 Å². The Hall–Kier alpha value is -3.22. The Balaban J connectivity index is 2.25. The molecule has 0 saturated carbocycles. The first-order valence-corrected chi connectivity index (χ1v) is 8.06. The van der Waals surface area contributed by atoms with Crippen LogP contribution in [0.1, 0.15) is 36.5 Å². The lowest BCUT2D eigenvalue weighted by atomic mass is 9.89. The van der Waals surface area contributed by atoms with Crippen molar-refractivity contribution >= 4 is 17.6 Å². The fraction of sp³-hybridized carbons (Fsp3) is 0.263. The summed E-state index contributed by atoms with van der Waals surface area (Å²) in [6.07, 6.45) is 0.335. The standard InChI is InChI=1S/C19H17NO6/c1-12(21)25-19(26-13(2)22)16-9-5-3-7-14(16)11-17(19)15-8-4-6-10-18(15)20(23)24/h3-10,17H,11H2,1-2H3/t17-/m1/s1.